The summed E-state index contributed by atoms with van der Waals surface area (Å²) in [7, 11) is 0. The lowest BCUT2D eigenvalue weighted by Crippen LogP contribution is -1.98. The lowest BCUT2D eigenvalue weighted by Gasteiger charge is -2.08. The Morgan fingerprint density at radius 2 is 2.12 bits per heavy atom. The van der Waals surface area contributed by atoms with Crippen molar-refractivity contribution in [1.82, 2.24) is 9.97 Å². The third-order valence-electron chi connectivity index (χ3n) is 2.38. The summed E-state index contributed by atoms with van der Waals surface area (Å²) in [5.41, 5.74) is 3.39. The van der Waals surface area contributed by atoms with Crippen LogP contribution in [0.25, 0.3) is 0 Å². The topological polar surface area (TPSA) is 61.6 Å². The number of aryl methyl sites for hydroxylation is 2. The van der Waals surface area contributed by atoms with Gasteiger partial charge in [0.2, 0.25) is 0 Å². The molecule has 0 bridgehead atoms. The number of nitriles is 1. The van der Waals surface area contributed by atoms with Crippen LogP contribution in [0.4, 0.5) is 11.5 Å². The average Bonchev–Trinajstić information content (AvgIpc) is 2.31. The Hall–Kier alpha value is -2.41. The van der Waals surface area contributed by atoms with E-state index in [-0.39, 0.29) is 0 Å². The molecule has 1 N–H and O–H groups in total. The third-order valence-corrected chi connectivity index (χ3v) is 2.38. The van der Waals surface area contributed by atoms with Crippen LogP contribution in [-0.2, 0) is 0 Å². The molecule has 0 saturated carbocycles. The molecule has 0 fully saturated rings. The fourth-order valence-corrected chi connectivity index (χ4v) is 1.53. The fraction of sp³-hybridized carbons (Fsp3) is 0.154. The zero-order chi connectivity index (χ0) is 12.3. The predicted octanol–water partition coefficient (Wildman–Crippen LogP) is 2.71. The van der Waals surface area contributed by atoms with Crippen LogP contribution in [0, 0.1) is 25.2 Å². The average molecular weight is 224 g/mol. The van der Waals surface area contributed by atoms with E-state index >= 15 is 0 Å². The summed E-state index contributed by atoms with van der Waals surface area (Å²) in [6.45, 7) is 3.85. The Morgan fingerprint density at radius 3 is 2.82 bits per heavy atom. The predicted molar refractivity (Wildman–Crippen MR) is 65.9 cm³/mol. The number of nitrogens with one attached hydrogen (secondary N) is 1. The van der Waals surface area contributed by atoms with Gasteiger partial charge in [0.05, 0.1) is 23.5 Å². The van der Waals surface area contributed by atoms with E-state index in [1.165, 1.54) is 0 Å². The van der Waals surface area contributed by atoms with Crippen LogP contribution >= 0.6 is 0 Å². The molecule has 84 valence electrons. The lowest BCUT2D eigenvalue weighted by atomic mass is 10.2. The Morgan fingerprint density at radius 1 is 1.29 bits per heavy atom. The van der Waals surface area contributed by atoms with Gasteiger partial charge in [0.15, 0.2) is 0 Å². The zero-order valence-corrected chi connectivity index (χ0v) is 9.73. The number of nitrogens with zero attached hydrogens (tertiary/aromatic N) is 3. The highest BCUT2D eigenvalue weighted by atomic mass is 15.0. The molecule has 17 heavy (non-hydrogen) atoms. The van der Waals surface area contributed by atoms with Gasteiger partial charge >= 0.3 is 0 Å². The minimum atomic E-state index is 0.599. The van der Waals surface area contributed by atoms with E-state index in [1.54, 1.807) is 24.5 Å². The van der Waals surface area contributed by atoms with Gasteiger partial charge in [0, 0.05) is 11.9 Å². The fourth-order valence-electron chi connectivity index (χ4n) is 1.53. The number of hydrogen-bond donors (Lipinski definition) is 1. The summed E-state index contributed by atoms with van der Waals surface area (Å²) in [4.78, 5) is 8.38. The summed E-state index contributed by atoms with van der Waals surface area (Å²) in [5, 5.41) is 12.1. The van der Waals surface area contributed by atoms with Crippen molar-refractivity contribution in [3.8, 4) is 6.07 Å². The molecule has 0 amide bonds. The number of rotatable bonds is 2. The van der Waals surface area contributed by atoms with Gasteiger partial charge in [-0.25, -0.2) is 4.98 Å². The number of aromatic nitrogens is 2. The molecule has 0 atom stereocenters. The monoisotopic (exact) mass is 224 g/mol. The number of hydrogen-bond acceptors (Lipinski definition) is 4. The molecule has 2 aromatic rings. The summed E-state index contributed by atoms with van der Waals surface area (Å²) in [5.74, 6) is 0.664. The molecule has 0 aliphatic heterocycles. The minimum absolute atomic E-state index is 0.599. The van der Waals surface area contributed by atoms with Gasteiger partial charge in [-0.3, -0.25) is 4.98 Å². The van der Waals surface area contributed by atoms with Crippen molar-refractivity contribution in [2.24, 2.45) is 0 Å². The Bertz CT molecular complexity index is 584. The molecule has 0 spiro atoms. The second-order valence-corrected chi connectivity index (χ2v) is 3.81. The first-order chi connectivity index (χ1) is 8.19. The van der Waals surface area contributed by atoms with Crippen molar-refractivity contribution in [1.29, 1.82) is 5.26 Å². The summed E-state index contributed by atoms with van der Waals surface area (Å²) in [6.07, 6.45) is 3.48. The number of pyridine rings is 2. The minimum Gasteiger partial charge on any atom is -0.339 e. The van der Waals surface area contributed by atoms with Crippen molar-refractivity contribution >= 4 is 11.5 Å². The van der Waals surface area contributed by atoms with Crippen LogP contribution in [0.1, 0.15) is 16.8 Å². The third kappa shape index (κ3) is 2.58. The molecule has 2 aromatic heterocycles. The first-order valence-electron chi connectivity index (χ1n) is 5.25. The Balaban J connectivity index is 2.34. The second-order valence-electron chi connectivity index (χ2n) is 3.81. The van der Waals surface area contributed by atoms with Crippen molar-refractivity contribution in [2.75, 3.05) is 5.32 Å². The maximum Gasteiger partial charge on any atom is 0.131 e. The molecule has 0 radical (unpaired) electrons. The number of anilines is 2. The standard InChI is InChI=1S/C13H12N4/c1-9-3-4-15-8-12(9)17-13-6-11(7-14)5-10(2)16-13/h3-6,8H,1-2H3,(H,16,17). The summed E-state index contributed by atoms with van der Waals surface area (Å²) >= 11 is 0. The maximum absolute atomic E-state index is 8.89. The molecule has 0 unspecified atom stereocenters. The van der Waals surface area contributed by atoms with E-state index in [0.717, 1.165) is 16.9 Å². The van der Waals surface area contributed by atoms with Crippen molar-refractivity contribution in [2.45, 2.75) is 13.8 Å². The first kappa shape index (κ1) is 11.1. The van der Waals surface area contributed by atoms with Gasteiger partial charge in [0.25, 0.3) is 0 Å². The van der Waals surface area contributed by atoms with Crippen LogP contribution in [0.3, 0.4) is 0 Å². The van der Waals surface area contributed by atoms with E-state index in [4.69, 9.17) is 5.26 Å². The van der Waals surface area contributed by atoms with E-state index in [0.29, 0.717) is 11.4 Å². The van der Waals surface area contributed by atoms with Crippen LogP contribution in [-0.4, -0.2) is 9.97 Å². The van der Waals surface area contributed by atoms with Crippen LogP contribution in [0.15, 0.2) is 30.6 Å². The van der Waals surface area contributed by atoms with Gasteiger partial charge in [-0.1, -0.05) is 0 Å². The Kier molecular flexibility index (Phi) is 3.01. The summed E-state index contributed by atoms with van der Waals surface area (Å²) in [6, 6.07) is 7.51. The molecule has 0 aliphatic carbocycles. The van der Waals surface area contributed by atoms with Crippen molar-refractivity contribution in [3.05, 3.63) is 47.4 Å². The Labute approximate surface area is 100.0 Å². The van der Waals surface area contributed by atoms with E-state index < -0.39 is 0 Å². The van der Waals surface area contributed by atoms with Gasteiger partial charge in [-0.05, 0) is 37.6 Å². The molecule has 0 aliphatic rings. The molecule has 0 saturated heterocycles. The quantitative estimate of drug-likeness (QED) is 0.851. The van der Waals surface area contributed by atoms with Crippen LogP contribution < -0.4 is 5.32 Å². The molecular weight excluding hydrogens is 212 g/mol. The van der Waals surface area contributed by atoms with Gasteiger partial charge in [-0.2, -0.15) is 5.26 Å². The normalized spacial score (nSPS) is 9.71. The molecule has 0 aromatic carbocycles. The lowest BCUT2D eigenvalue weighted by molar-refractivity contribution is 1.18. The van der Waals surface area contributed by atoms with Gasteiger partial charge in [0.1, 0.15) is 5.82 Å². The molecule has 4 nitrogen and oxygen atoms in total. The smallest absolute Gasteiger partial charge is 0.131 e. The van der Waals surface area contributed by atoms with Crippen LogP contribution in [0.5, 0.6) is 0 Å². The molecule has 2 heterocycles. The largest absolute Gasteiger partial charge is 0.339 e. The SMILES string of the molecule is Cc1cc(C#N)cc(Nc2cnccc2C)n1. The second kappa shape index (κ2) is 4.62. The summed E-state index contributed by atoms with van der Waals surface area (Å²) < 4.78 is 0. The van der Waals surface area contributed by atoms with E-state index in [9.17, 15) is 0 Å². The van der Waals surface area contributed by atoms with E-state index in [2.05, 4.69) is 21.4 Å². The van der Waals surface area contributed by atoms with Gasteiger partial charge in [-0.15, -0.1) is 0 Å². The zero-order valence-electron chi connectivity index (χ0n) is 9.73. The van der Waals surface area contributed by atoms with Crippen LogP contribution in [0.2, 0.25) is 0 Å². The van der Waals surface area contributed by atoms with Crippen molar-refractivity contribution in [3.63, 3.8) is 0 Å². The first-order valence-corrected chi connectivity index (χ1v) is 5.25. The molecule has 4 heteroatoms. The maximum atomic E-state index is 8.89. The van der Waals surface area contributed by atoms with Gasteiger partial charge < -0.3 is 5.32 Å². The van der Waals surface area contributed by atoms with E-state index in [1.807, 2.05) is 19.9 Å². The highest BCUT2D eigenvalue weighted by molar-refractivity contribution is 5.60. The molecular formula is C13H12N4. The van der Waals surface area contributed by atoms with Crippen molar-refractivity contribution < 1.29 is 0 Å². The highest BCUT2D eigenvalue weighted by Gasteiger charge is 2.02. The highest BCUT2D eigenvalue weighted by Crippen LogP contribution is 2.18. The molecule has 2 rings (SSSR count).